The number of benzene rings is 1. The van der Waals surface area contributed by atoms with Crippen molar-refractivity contribution in [3.63, 3.8) is 0 Å². The third kappa shape index (κ3) is 5.58. The Labute approximate surface area is 126 Å². The quantitative estimate of drug-likeness (QED) is 0.826. The normalized spacial score (nSPS) is 17.7. The first-order valence-electron chi connectivity index (χ1n) is 7.44. The largest absolute Gasteiger partial charge is 0.378 e. The fourth-order valence-corrected chi connectivity index (χ4v) is 2.31. The molecule has 2 rings (SSSR count). The number of ether oxygens (including phenoxy) is 1. The van der Waals surface area contributed by atoms with Gasteiger partial charge in [0, 0.05) is 18.7 Å². The number of nitrogens with one attached hydrogen (secondary N) is 1. The van der Waals surface area contributed by atoms with E-state index >= 15 is 0 Å². The third-order valence-electron chi connectivity index (χ3n) is 3.47. The topological polar surface area (TPSA) is 64.3 Å². The van der Waals surface area contributed by atoms with Crippen molar-refractivity contribution in [3.8, 4) is 11.8 Å². The van der Waals surface area contributed by atoms with E-state index in [9.17, 15) is 4.79 Å². The summed E-state index contributed by atoms with van der Waals surface area (Å²) in [5.41, 5.74) is 7.33. The maximum atomic E-state index is 11.9. The Kier molecular flexibility index (Phi) is 6.26. The van der Waals surface area contributed by atoms with Crippen molar-refractivity contribution in [3.05, 3.63) is 35.4 Å². The molecule has 1 aliphatic heterocycles. The van der Waals surface area contributed by atoms with Gasteiger partial charge in [-0.3, -0.25) is 4.79 Å². The highest BCUT2D eigenvalue weighted by Gasteiger charge is 2.17. The number of rotatable bonds is 4. The molecule has 1 atom stereocenters. The summed E-state index contributed by atoms with van der Waals surface area (Å²) in [4.78, 5) is 11.9. The van der Waals surface area contributed by atoms with Crippen LogP contribution in [0.1, 0.15) is 36.8 Å². The Bertz CT molecular complexity index is 508. The molecule has 0 saturated carbocycles. The van der Waals surface area contributed by atoms with E-state index in [1.54, 1.807) is 0 Å². The molecule has 1 aromatic carbocycles. The van der Waals surface area contributed by atoms with Crippen molar-refractivity contribution in [2.75, 3.05) is 13.2 Å². The fraction of sp³-hybridized carbons (Fsp3) is 0.471. The van der Waals surface area contributed by atoms with Crippen LogP contribution in [-0.2, 0) is 16.1 Å². The molecule has 0 spiro atoms. The van der Waals surface area contributed by atoms with Crippen LogP contribution in [0.3, 0.4) is 0 Å². The summed E-state index contributed by atoms with van der Waals surface area (Å²) < 4.78 is 5.57. The number of carbonyl (C=O) groups excluding carboxylic acids is 1. The molecule has 0 aromatic heterocycles. The van der Waals surface area contributed by atoms with Gasteiger partial charge in [-0.1, -0.05) is 24.0 Å². The van der Waals surface area contributed by atoms with Gasteiger partial charge in [-0.25, -0.2) is 0 Å². The molecule has 21 heavy (non-hydrogen) atoms. The summed E-state index contributed by atoms with van der Waals surface area (Å²) in [7, 11) is 0. The molecule has 1 fully saturated rings. The van der Waals surface area contributed by atoms with E-state index in [0.717, 1.165) is 37.0 Å². The predicted molar refractivity (Wildman–Crippen MR) is 82.4 cm³/mol. The second-order valence-corrected chi connectivity index (χ2v) is 5.17. The van der Waals surface area contributed by atoms with Gasteiger partial charge in [0.1, 0.15) is 0 Å². The van der Waals surface area contributed by atoms with Crippen molar-refractivity contribution in [1.82, 2.24) is 5.32 Å². The Morgan fingerprint density at radius 1 is 1.33 bits per heavy atom. The summed E-state index contributed by atoms with van der Waals surface area (Å²) in [5, 5.41) is 2.93. The second kappa shape index (κ2) is 8.46. The number of amides is 1. The lowest BCUT2D eigenvalue weighted by molar-refractivity contribution is -0.125. The first kappa shape index (κ1) is 15.6. The van der Waals surface area contributed by atoms with E-state index in [0.29, 0.717) is 19.5 Å². The van der Waals surface area contributed by atoms with Gasteiger partial charge in [-0.15, -0.1) is 0 Å². The summed E-state index contributed by atoms with van der Waals surface area (Å²) in [5.74, 6) is 5.84. The minimum Gasteiger partial charge on any atom is -0.378 e. The molecule has 4 nitrogen and oxygen atoms in total. The molecule has 0 bridgehead atoms. The third-order valence-corrected chi connectivity index (χ3v) is 3.47. The SMILES string of the molecule is NCC#Cc1ccc(CNC(=O)CC2CCCCO2)cc1. The molecular weight excluding hydrogens is 264 g/mol. The van der Waals surface area contributed by atoms with Gasteiger partial charge in [-0.05, 0) is 37.0 Å². The summed E-state index contributed by atoms with van der Waals surface area (Å²) in [6.07, 6.45) is 3.80. The van der Waals surface area contributed by atoms with Crippen LogP contribution in [-0.4, -0.2) is 25.2 Å². The number of hydrogen-bond acceptors (Lipinski definition) is 3. The Morgan fingerprint density at radius 3 is 2.81 bits per heavy atom. The van der Waals surface area contributed by atoms with E-state index in [1.165, 1.54) is 0 Å². The smallest absolute Gasteiger partial charge is 0.222 e. The minimum atomic E-state index is 0.0499. The summed E-state index contributed by atoms with van der Waals surface area (Å²) in [6, 6.07) is 7.82. The fourth-order valence-electron chi connectivity index (χ4n) is 2.31. The molecule has 1 aromatic rings. The highest BCUT2D eigenvalue weighted by atomic mass is 16.5. The van der Waals surface area contributed by atoms with E-state index in [2.05, 4.69) is 17.2 Å². The van der Waals surface area contributed by atoms with Gasteiger partial charge >= 0.3 is 0 Å². The van der Waals surface area contributed by atoms with Crippen LogP contribution < -0.4 is 11.1 Å². The molecule has 3 N–H and O–H groups in total. The van der Waals surface area contributed by atoms with Crippen molar-refractivity contribution in [2.45, 2.75) is 38.3 Å². The molecular formula is C17H22N2O2. The first-order chi connectivity index (χ1) is 10.3. The molecule has 1 saturated heterocycles. The highest BCUT2D eigenvalue weighted by molar-refractivity contribution is 5.76. The van der Waals surface area contributed by atoms with Crippen LogP contribution in [0.15, 0.2) is 24.3 Å². The van der Waals surface area contributed by atoms with E-state index in [1.807, 2.05) is 24.3 Å². The van der Waals surface area contributed by atoms with Crippen LogP contribution >= 0.6 is 0 Å². The number of carbonyl (C=O) groups is 1. The zero-order chi connectivity index (χ0) is 14.9. The Morgan fingerprint density at radius 2 is 2.14 bits per heavy atom. The van der Waals surface area contributed by atoms with E-state index < -0.39 is 0 Å². The molecule has 112 valence electrons. The van der Waals surface area contributed by atoms with Gasteiger partial charge in [0.2, 0.25) is 5.91 Å². The van der Waals surface area contributed by atoms with Crippen LogP contribution in [0.4, 0.5) is 0 Å². The second-order valence-electron chi connectivity index (χ2n) is 5.17. The first-order valence-corrected chi connectivity index (χ1v) is 7.44. The van der Waals surface area contributed by atoms with Gasteiger partial charge in [0.05, 0.1) is 19.1 Å². The zero-order valence-corrected chi connectivity index (χ0v) is 12.2. The molecule has 1 heterocycles. The van der Waals surface area contributed by atoms with Gasteiger partial charge in [-0.2, -0.15) is 0 Å². The van der Waals surface area contributed by atoms with Crippen molar-refractivity contribution in [2.24, 2.45) is 5.73 Å². The predicted octanol–water partition coefficient (Wildman–Crippen LogP) is 1.57. The molecule has 1 unspecified atom stereocenters. The average Bonchev–Trinajstić information content (AvgIpc) is 2.53. The Hall–Kier alpha value is -1.83. The van der Waals surface area contributed by atoms with E-state index in [-0.39, 0.29) is 12.0 Å². The maximum absolute atomic E-state index is 11.9. The lowest BCUT2D eigenvalue weighted by Gasteiger charge is -2.21. The molecule has 1 aliphatic rings. The van der Waals surface area contributed by atoms with Gasteiger partial charge in [0.15, 0.2) is 0 Å². The lowest BCUT2D eigenvalue weighted by atomic mass is 10.1. The van der Waals surface area contributed by atoms with Gasteiger partial charge < -0.3 is 15.8 Å². The summed E-state index contributed by atoms with van der Waals surface area (Å²) in [6.45, 7) is 1.68. The van der Waals surface area contributed by atoms with Crippen LogP contribution in [0.2, 0.25) is 0 Å². The number of nitrogens with two attached hydrogens (primary N) is 1. The van der Waals surface area contributed by atoms with Crippen molar-refractivity contribution in [1.29, 1.82) is 0 Å². The molecule has 4 heteroatoms. The van der Waals surface area contributed by atoms with Crippen molar-refractivity contribution >= 4 is 5.91 Å². The van der Waals surface area contributed by atoms with Crippen molar-refractivity contribution < 1.29 is 9.53 Å². The lowest BCUT2D eigenvalue weighted by Crippen LogP contribution is -2.30. The maximum Gasteiger partial charge on any atom is 0.222 e. The molecule has 0 radical (unpaired) electrons. The van der Waals surface area contributed by atoms with Crippen LogP contribution in [0.5, 0.6) is 0 Å². The monoisotopic (exact) mass is 286 g/mol. The minimum absolute atomic E-state index is 0.0499. The average molecular weight is 286 g/mol. The van der Waals surface area contributed by atoms with Crippen LogP contribution in [0, 0.1) is 11.8 Å². The Balaban J connectivity index is 1.75. The van der Waals surface area contributed by atoms with E-state index in [4.69, 9.17) is 10.5 Å². The molecule has 0 aliphatic carbocycles. The summed E-state index contributed by atoms with van der Waals surface area (Å²) >= 11 is 0. The van der Waals surface area contributed by atoms with Gasteiger partial charge in [0.25, 0.3) is 0 Å². The highest BCUT2D eigenvalue weighted by Crippen LogP contribution is 2.15. The zero-order valence-electron chi connectivity index (χ0n) is 12.2. The standard InChI is InChI=1S/C17H22N2O2/c18-10-3-4-14-6-8-15(9-7-14)13-19-17(20)12-16-5-1-2-11-21-16/h6-9,16H,1-2,5,10-13,18H2,(H,19,20). The molecule has 1 amide bonds. The number of hydrogen-bond donors (Lipinski definition) is 2. The van der Waals surface area contributed by atoms with Crippen LogP contribution in [0.25, 0.3) is 0 Å².